The Morgan fingerprint density at radius 1 is 1.17 bits per heavy atom. The zero-order chi connectivity index (χ0) is 16.1. The average molecular weight is 335 g/mol. The van der Waals surface area contributed by atoms with Crippen molar-refractivity contribution in [2.45, 2.75) is 18.8 Å². The normalized spacial score (nSPS) is 17.3. The Hall–Kier alpha value is -2.73. The minimum atomic E-state index is 0.0600. The highest BCUT2D eigenvalue weighted by Crippen LogP contribution is 2.35. The van der Waals surface area contributed by atoms with E-state index >= 15 is 0 Å². The lowest BCUT2D eigenvalue weighted by atomic mass is 9.85. The van der Waals surface area contributed by atoms with Crippen molar-refractivity contribution in [1.82, 2.24) is 14.8 Å². The van der Waals surface area contributed by atoms with Crippen LogP contribution in [0.25, 0.3) is 15.3 Å². The Morgan fingerprint density at radius 2 is 2.08 bits per heavy atom. The van der Waals surface area contributed by atoms with Crippen LogP contribution < -0.4 is 0 Å². The molecule has 1 atom stereocenters. The smallest absolute Gasteiger partial charge is 0.211 e. The third kappa shape index (κ3) is 2.03. The molecule has 0 fully saturated rings. The fourth-order valence-electron chi connectivity index (χ4n) is 3.28. The Bertz CT molecular complexity index is 1010. The Kier molecular flexibility index (Phi) is 2.93. The largest absolute Gasteiger partial charge is 0.469 e. The van der Waals surface area contributed by atoms with Gasteiger partial charge in [0.25, 0.3) is 0 Å². The van der Waals surface area contributed by atoms with Crippen LogP contribution in [0.1, 0.15) is 34.2 Å². The maximum atomic E-state index is 12.5. The summed E-state index contributed by atoms with van der Waals surface area (Å²) in [6.07, 6.45) is 4.51. The van der Waals surface area contributed by atoms with E-state index < -0.39 is 0 Å². The summed E-state index contributed by atoms with van der Waals surface area (Å²) in [7, 11) is 0. The van der Waals surface area contributed by atoms with Gasteiger partial charge in [-0.2, -0.15) is 5.10 Å². The summed E-state index contributed by atoms with van der Waals surface area (Å²) in [6, 6.07) is 11.8. The second-order valence-corrected chi connectivity index (χ2v) is 6.93. The molecule has 24 heavy (non-hydrogen) atoms. The van der Waals surface area contributed by atoms with Gasteiger partial charge in [-0.3, -0.25) is 4.79 Å². The molecule has 1 aliphatic carbocycles. The minimum absolute atomic E-state index is 0.0600. The Morgan fingerprint density at radius 3 is 2.92 bits per heavy atom. The van der Waals surface area contributed by atoms with Crippen molar-refractivity contribution in [3.8, 4) is 5.13 Å². The van der Waals surface area contributed by atoms with Crippen LogP contribution in [-0.2, 0) is 6.42 Å². The number of para-hydroxylation sites is 1. The maximum Gasteiger partial charge on any atom is 0.211 e. The van der Waals surface area contributed by atoms with E-state index in [2.05, 4.69) is 10.1 Å². The lowest BCUT2D eigenvalue weighted by molar-refractivity contribution is 0.0959. The molecule has 0 unspecified atom stereocenters. The Balaban J connectivity index is 1.61. The van der Waals surface area contributed by atoms with Gasteiger partial charge in [-0.15, -0.1) is 0 Å². The zero-order valence-corrected chi connectivity index (χ0v) is 13.5. The molecule has 5 nitrogen and oxygen atoms in total. The highest BCUT2D eigenvalue weighted by atomic mass is 32.1. The average Bonchev–Trinajstić information content (AvgIpc) is 3.32. The summed E-state index contributed by atoms with van der Waals surface area (Å²) in [6.45, 7) is 0. The molecule has 1 aliphatic rings. The molecular formula is C18H13N3O2S. The quantitative estimate of drug-likeness (QED) is 0.556. The van der Waals surface area contributed by atoms with E-state index in [0.29, 0.717) is 12.0 Å². The third-order valence-electron chi connectivity index (χ3n) is 4.45. The molecule has 4 aromatic rings. The number of hydrogen-bond donors (Lipinski definition) is 0. The number of carbonyl (C=O) groups excluding carboxylic acids is 1. The molecule has 0 aliphatic heterocycles. The van der Waals surface area contributed by atoms with Gasteiger partial charge in [-0.1, -0.05) is 23.5 Å². The van der Waals surface area contributed by atoms with Crippen molar-refractivity contribution >= 4 is 27.3 Å². The SMILES string of the molecule is O=C1C[C@@H](c2ccco2)Cc2c1cnn2-c1nc2ccccc2s1. The van der Waals surface area contributed by atoms with Crippen LogP contribution in [0.5, 0.6) is 0 Å². The van der Waals surface area contributed by atoms with Crippen LogP contribution in [0, 0.1) is 0 Å². The molecule has 3 heterocycles. The van der Waals surface area contributed by atoms with Crippen LogP contribution in [-0.4, -0.2) is 20.5 Å². The van der Waals surface area contributed by atoms with Crippen molar-refractivity contribution < 1.29 is 9.21 Å². The number of thiazole rings is 1. The van der Waals surface area contributed by atoms with Gasteiger partial charge in [-0.05, 0) is 24.3 Å². The van der Waals surface area contributed by atoms with E-state index in [1.54, 1.807) is 23.8 Å². The van der Waals surface area contributed by atoms with E-state index in [9.17, 15) is 4.79 Å². The molecule has 3 aromatic heterocycles. The van der Waals surface area contributed by atoms with E-state index in [0.717, 1.165) is 33.2 Å². The summed E-state index contributed by atoms with van der Waals surface area (Å²) >= 11 is 1.58. The molecule has 5 rings (SSSR count). The summed E-state index contributed by atoms with van der Waals surface area (Å²) < 4.78 is 8.44. The molecule has 0 bridgehead atoms. The van der Waals surface area contributed by atoms with Crippen molar-refractivity contribution in [3.63, 3.8) is 0 Å². The molecule has 1 aromatic carbocycles. The standard InChI is InChI=1S/C18H13N3O2S/c22-15-9-11(16-5-3-7-23-16)8-14-12(15)10-19-21(14)18-20-13-4-1-2-6-17(13)24-18/h1-7,10-11H,8-9H2/t11-/m0/s1. The second-order valence-electron chi connectivity index (χ2n) is 5.92. The van der Waals surface area contributed by atoms with Gasteiger partial charge in [0.05, 0.1) is 33.9 Å². The van der Waals surface area contributed by atoms with Gasteiger partial charge in [0.15, 0.2) is 5.78 Å². The van der Waals surface area contributed by atoms with E-state index in [1.165, 1.54) is 0 Å². The fraction of sp³-hybridized carbons (Fsp3) is 0.167. The monoisotopic (exact) mass is 335 g/mol. The number of carbonyl (C=O) groups is 1. The highest BCUT2D eigenvalue weighted by Gasteiger charge is 2.31. The second kappa shape index (κ2) is 5.14. The summed E-state index contributed by atoms with van der Waals surface area (Å²) in [4.78, 5) is 17.2. The molecule has 0 N–H and O–H groups in total. The van der Waals surface area contributed by atoms with Gasteiger partial charge in [-0.25, -0.2) is 9.67 Å². The lowest BCUT2D eigenvalue weighted by Gasteiger charge is -2.20. The first-order valence-electron chi connectivity index (χ1n) is 7.79. The number of nitrogens with zero attached hydrogens (tertiary/aromatic N) is 3. The minimum Gasteiger partial charge on any atom is -0.469 e. The summed E-state index contributed by atoms with van der Waals surface area (Å²) in [5, 5.41) is 5.24. The number of hydrogen-bond acceptors (Lipinski definition) is 5. The predicted octanol–water partition coefficient (Wildman–Crippen LogP) is 3.99. The molecule has 118 valence electrons. The Labute approximate surface area is 141 Å². The number of benzene rings is 1. The molecule has 0 saturated heterocycles. The van der Waals surface area contributed by atoms with Gasteiger partial charge in [0.1, 0.15) is 5.76 Å². The number of aromatic nitrogens is 3. The van der Waals surface area contributed by atoms with Gasteiger partial charge in [0.2, 0.25) is 5.13 Å². The highest BCUT2D eigenvalue weighted by molar-refractivity contribution is 7.20. The first kappa shape index (κ1) is 13.7. The van der Waals surface area contributed by atoms with E-state index in [4.69, 9.17) is 4.42 Å². The van der Waals surface area contributed by atoms with E-state index in [-0.39, 0.29) is 11.7 Å². The van der Waals surface area contributed by atoms with Crippen LogP contribution in [0.15, 0.2) is 53.3 Å². The van der Waals surface area contributed by atoms with Crippen LogP contribution >= 0.6 is 11.3 Å². The molecule has 6 heteroatoms. The van der Waals surface area contributed by atoms with Crippen molar-refractivity contribution in [2.75, 3.05) is 0 Å². The molecular weight excluding hydrogens is 322 g/mol. The van der Waals surface area contributed by atoms with Crippen molar-refractivity contribution in [1.29, 1.82) is 0 Å². The van der Waals surface area contributed by atoms with Gasteiger partial charge in [0, 0.05) is 18.8 Å². The molecule has 0 radical (unpaired) electrons. The topological polar surface area (TPSA) is 60.9 Å². The zero-order valence-electron chi connectivity index (χ0n) is 12.7. The number of Topliss-reactive ketones (excluding diaryl/α,β-unsaturated/α-hetero) is 1. The van der Waals surface area contributed by atoms with Crippen molar-refractivity contribution in [3.05, 3.63) is 65.9 Å². The molecule has 0 saturated carbocycles. The molecule has 0 spiro atoms. The number of furan rings is 1. The fourth-order valence-corrected chi connectivity index (χ4v) is 4.23. The predicted molar refractivity (Wildman–Crippen MR) is 90.8 cm³/mol. The number of rotatable bonds is 2. The van der Waals surface area contributed by atoms with Gasteiger partial charge >= 0.3 is 0 Å². The first-order chi connectivity index (χ1) is 11.8. The van der Waals surface area contributed by atoms with Crippen molar-refractivity contribution in [2.24, 2.45) is 0 Å². The van der Waals surface area contributed by atoms with Gasteiger partial charge < -0.3 is 4.42 Å². The number of fused-ring (bicyclic) bond motifs is 2. The van der Waals surface area contributed by atoms with E-state index in [1.807, 2.05) is 41.1 Å². The number of ketones is 1. The summed E-state index contributed by atoms with van der Waals surface area (Å²) in [5.41, 5.74) is 2.58. The van der Waals surface area contributed by atoms with Crippen LogP contribution in [0.4, 0.5) is 0 Å². The third-order valence-corrected chi connectivity index (χ3v) is 5.46. The lowest BCUT2D eigenvalue weighted by Crippen LogP contribution is -2.19. The first-order valence-corrected chi connectivity index (χ1v) is 8.60. The summed E-state index contributed by atoms with van der Waals surface area (Å²) in [5.74, 6) is 1.03. The molecule has 0 amide bonds. The van der Waals surface area contributed by atoms with Crippen LogP contribution in [0.3, 0.4) is 0 Å². The van der Waals surface area contributed by atoms with Crippen LogP contribution in [0.2, 0.25) is 0 Å². The maximum absolute atomic E-state index is 12.5.